The molecule has 0 saturated heterocycles. The summed E-state index contributed by atoms with van der Waals surface area (Å²) in [5.41, 5.74) is 1.34. The third-order valence-electron chi connectivity index (χ3n) is 3.09. The molecule has 15 heavy (non-hydrogen) atoms. The molecule has 2 atom stereocenters. The van der Waals surface area contributed by atoms with Gasteiger partial charge in [0, 0.05) is 5.92 Å². The largest absolute Gasteiger partial charge is 0.305 e. The third-order valence-corrected chi connectivity index (χ3v) is 4.94. The molecule has 80 valence electrons. The van der Waals surface area contributed by atoms with E-state index in [4.69, 9.17) is 0 Å². The molecule has 1 aromatic carbocycles. The van der Waals surface area contributed by atoms with Gasteiger partial charge in [-0.1, -0.05) is 50.0 Å². The number of benzene rings is 1. The molecule has 1 aliphatic rings. The summed E-state index contributed by atoms with van der Waals surface area (Å²) < 4.78 is 0. The van der Waals surface area contributed by atoms with Gasteiger partial charge in [-0.05, 0) is 17.9 Å². The molecule has 0 unspecified atom stereocenters. The summed E-state index contributed by atoms with van der Waals surface area (Å²) in [6, 6.07) is 10.4. The smallest absolute Gasteiger partial charge is 0.124 e. The van der Waals surface area contributed by atoms with Gasteiger partial charge in [0.25, 0.3) is 0 Å². The van der Waals surface area contributed by atoms with Crippen molar-refractivity contribution in [3.05, 3.63) is 35.9 Å². The van der Waals surface area contributed by atoms with Crippen LogP contribution in [0.1, 0.15) is 17.9 Å². The van der Waals surface area contributed by atoms with Crippen LogP contribution in [-0.4, -0.2) is 13.5 Å². The Morgan fingerprint density at radius 1 is 1.20 bits per heavy atom. The van der Waals surface area contributed by atoms with Gasteiger partial charge in [0.2, 0.25) is 0 Å². The van der Waals surface area contributed by atoms with Crippen molar-refractivity contribution in [2.75, 3.05) is 0 Å². The highest BCUT2D eigenvalue weighted by Gasteiger charge is 2.47. The first-order chi connectivity index (χ1) is 7.00. The van der Waals surface area contributed by atoms with Gasteiger partial charge in [-0.2, -0.15) is 0 Å². The number of rotatable bonds is 3. The average Bonchev–Trinajstić information content (AvgIpc) is 2.96. The van der Waals surface area contributed by atoms with Crippen molar-refractivity contribution in [1.29, 1.82) is 0 Å². The van der Waals surface area contributed by atoms with Gasteiger partial charge in [0.05, 0.1) is 0 Å². The third kappa shape index (κ3) is 2.20. The van der Waals surface area contributed by atoms with Crippen molar-refractivity contribution in [3.8, 4) is 0 Å². The van der Waals surface area contributed by atoms with Crippen molar-refractivity contribution in [1.82, 2.24) is 0 Å². The van der Waals surface area contributed by atoms with Crippen molar-refractivity contribution in [2.24, 2.45) is 5.92 Å². The van der Waals surface area contributed by atoms with Crippen LogP contribution in [0.3, 0.4) is 0 Å². The fourth-order valence-electron chi connectivity index (χ4n) is 2.11. The summed E-state index contributed by atoms with van der Waals surface area (Å²) in [5, 5.41) is 0.552. The Kier molecular flexibility index (Phi) is 2.55. The first-order valence-corrected chi connectivity index (χ1v) is 9.09. The first kappa shape index (κ1) is 10.6. The van der Waals surface area contributed by atoms with Crippen LogP contribution < -0.4 is 0 Å². The van der Waals surface area contributed by atoms with Crippen molar-refractivity contribution < 1.29 is 4.79 Å². The molecule has 1 aromatic rings. The Hall–Kier alpha value is -0.893. The van der Waals surface area contributed by atoms with E-state index in [1.165, 1.54) is 5.56 Å². The fourth-order valence-corrected chi connectivity index (χ4v) is 3.54. The molecule has 0 radical (unpaired) electrons. The van der Waals surface area contributed by atoms with Crippen LogP contribution >= 0.6 is 0 Å². The van der Waals surface area contributed by atoms with Crippen LogP contribution in [0, 0.1) is 5.92 Å². The predicted octanol–water partition coefficient (Wildman–Crippen LogP) is 3.24. The summed E-state index contributed by atoms with van der Waals surface area (Å²) >= 11 is 0. The topological polar surface area (TPSA) is 17.1 Å². The second-order valence-corrected chi connectivity index (χ2v) is 10.5. The molecule has 2 rings (SSSR count). The van der Waals surface area contributed by atoms with Gasteiger partial charge in [0.1, 0.15) is 13.5 Å². The molecule has 0 aromatic heterocycles. The Bertz CT molecular complexity index is 364. The normalized spacial score (nSPS) is 25.0. The molecule has 2 heteroatoms. The molecule has 1 nitrogen and oxygen atoms in total. The number of hydrogen-bond acceptors (Lipinski definition) is 1. The fraction of sp³-hybridized carbons (Fsp3) is 0.462. The maximum absolute atomic E-state index is 12.1. The van der Waals surface area contributed by atoms with Gasteiger partial charge in [0.15, 0.2) is 0 Å². The molecule has 1 aliphatic carbocycles. The lowest BCUT2D eigenvalue weighted by Gasteiger charge is -2.13. The highest BCUT2D eigenvalue weighted by molar-refractivity contribution is 7.03. The molecular formula is C13H18OSi. The average molecular weight is 218 g/mol. The molecule has 1 fully saturated rings. The summed E-state index contributed by atoms with van der Waals surface area (Å²) in [5.74, 6) is 0.851. The summed E-state index contributed by atoms with van der Waals surface area (Å²) in [6.45, 7) is 6.45. The highest BCUT2D eigenvalue weighted by atomic mass is 28.3. The highest BCUT2D eigenvalue weighted by Crippen LogP contribution is 2.49. The van der Waals surface area contributed by atoms with Gasteiger partial charge >= 0.3 is 0 Å². The zero-order valence-corrected chi connectivity index (χ0v) is 10.7. The molecule has 1 saturated carbocycles. The standard InChI is InChI=1S/C13H18OSi/c1-15(2,3)13(14)12-9-11(12)10-7-5-4-6-8-10/h4-8,11-12H,9H2,1-3H3/t11-,12+/m1/s1. The number of hydrogen-bond donors (Lipinski definition) is 0. The van der Waals surface area contributed by atoms with Crippen LogP contribution in [0.5, 0.6) is 0 Å². The maximum atomic E-state index is 12.1. The predicted molar refractivity (Wildman–Crippen MR) is 65.6 cm³/mol. The zero-order chi connectivity index (χ0) is 11.1. The minimum Gasteiger partial charge on any atom is -0.305 e. The van der Waals surface area contributed by atoms with Crippen LogP contribution in [0.15, 0.2) is 30.3 Å². The molecular weight excluding hydrogens is 200 g/mol. The Balaban J connectivity index is 2.06. The number of carbonyl (C=O) groups excluding carboxylic acids is 1. The SMILES string of the molecule is C[Si](C)(C)C(=O)[C@H]1C[C@@H]1c1ccccc1. The van der Waals surface area contributed by atoms with Gasteiger partial charge in [-0.25, -0.2) is 0 Å². The zero-order valence-electron chi connectivity index (χ0n) is 9.66. The Labute approximate surface area is 92.5 Å². The lowest BCUT2D eigenvalue weighted by atomic mass is 10.1. The van der Waals surface area contributed by atoms with Crippen molar-refractivity contribution in [3.63, 3.8) is 0 Å². The van der Waals surface area contributed by atoms with Crippen LogP contribution in [-0.2, 0) is 4.79 Å². The minimum atomic E-state index is -1.57. The van der Waals surface area contributed by atoms with E-state index in [0.717, 1.165) is 6.42 Å². The van der Waals surface area contributed by atoms with E-state index in [-0.39, 0.29) is 0 Å². The summed E-state index contributed by atoms with van der Waals surface area (Å²) in [4.78, 5) is 12.1. The molecule has 0 heterocycles. The van der Waals surface area contributed by atoms with Gasteiger partial charge < -0.3 is 4.79 Å². The van der Waals surface area contributed by atoms with Crippen molar-refractivity contribution in [2.45, 2.75) is 32.0 Å². The van der Waals surface area contributed by atoms with Crippen molar-refractivity contribution >= 4 is 13.5 Å². The van der Waals surface area contributed by atoms with Gasteiger partial charge in [-0.15, -0.1) is 0 Å². The van der Waals surface area contributed by atoms with E-state index >= 15 is 0 Å². The van der Waals surface area contributed by atoms with E-state index in [1.807, 2.05) is 6.07 Å². The maximum Gasteiger partial charge on any atom is 0.124 e. The second-order valence-electron chi connectivity index (χ2n) is 5.47. The van der Waals surface area contributed by atoms with Crippen LogP contribution in [0.4, 0.5) is 0 Å². The van der Waals surface area contributed by atoms with Crippen LogP contribution in [0.25, 0.3) is 0 Å². The van der Waals surface area contributed by atoms with E-state index in [2.05, 4.69) is 43.9 Å². The molecule has 0 amide bonds. The molecule has 0 N–H and O–H groups in total. The summed E-state index contributed by atoms with van der Waals surface area (Å²) in [7, 11) is -1.57. The Morgan fingerprint density at radius 2 is 1.80 bits per heavy atom. The van der Waals surface area contributed by atoms with E-state index in [0.29, 0.717) is 17.2 Å². The summed E-state index contributed by atoms with van der Waals surface area (Å²) in [6.07, 6.45) is 1.08. The number of carbonyl (C=O) groups is 1. The quantitative estimate of drug-likeness (QED) is 0.712. The first-order valence-electron chi connectivity index (χ1n) is 5.59. The van der Waals surface area contributed by atoms with E-state index in [9.17, 15) is 4.79 Å². The lowest BCUT2D eigenvalue weighted by molar-refractivity contribution is -0.113. The second kappa shape index (κ2) is 3.60. The molecule has 0 aliphatic heterocycles. The van der Waals surface area contributed by atoms with Crippen LogP contribution in [0.2, 0.25) is 19.6 Å². The van der Waals surface area contributed by atoms with Gasteiger partial charge in [-0.3, -0.25) is 0 Å². The van der Waals surface area contributed by atoms with E-state index < -0.39 is 8.07 Å². The van der Waals surface area contributed by atoms with E-state index in [1.54, 1.807) is 0 Å². The molecule has 0 spiro atoms. The molecule has 0 bridgehead atoms. The minimum absolute atomic E-state index is 0.332. The monoisotopic (exact) mass is 218 g/mol. The lowest BCUT2D eigenvalue weighted by Crippen LogP contribution is -2.35. The Morgan fingerprint density at radius 3 is 2.33 bits per heavy atom.